The van der Waals surface area contributed by atoms with E-state index in [-0.39, 0.29) is 0 Å². The maximum atomic E-state index is 8.90. The maximum absolute atomic E-state index is 8.90. The van der Waals surface area contributed by atoms with E-state index in [4.69, 9.17) is 22.6 Å². The van der Waals surface area contributed by atoms with E-state index in [1.165, 1.54) is 0 Å². The fourth-order valence-corrected chi connectivity index (χ4v) is 3.62. The Morgan fingerprint density at radius 3 is 2.42 bits per heavy atom. The number of nitriles is 1. The van der Waals surface area contributed by atoms with E-state index < -0.39 is 0 Å². The molecule has 0 unspecified atom stereocenters. The van der Waals surface area contributed by atoms with Crippen molar-refractivity contribution in [2.45, 2.75) is 6.42 Å². The quantitative estimate of drug-likeness (QED) is 0.706. The largest absolute Gasteiger partial charge is 0.398 e. The molecule has 2 rings (SSSR count). The van der Waals surface area contributed by atoms with Crippen LogP contribution in [0.15, 0.2) is 39.3 Å². The summed E-state index contributed by atoms with van der Waals surface area (Å²) in [5.74, 6) is 0. The lowest BCUT2D eigenvalue weighted by Crippen LogP contribution is -1.97. The Bertz CT molecular complexity index is 661. The molecule has 0 spiro atoms. The molecule has 2 aromatic carbocycles. The van der Waals surface area contributed by atoms with E-state index in [0.29, 0.717) is 17.1 Å². The van der Waals surface area contributed by atoms with Crippen molar-refractivity contribution in [3.63, 3.8) is 0 Å². The fraction of sp³-hybridized carbons (Fsp3) is 0.0714. The van der Waals surface area contributed by atoms with Gasteiger partial charge in [-0.2, -0.15) is 5.26 Å². The lowest BCUT2D eigenvalue weighted by Gasteiger charge is -2.14. The lowest BCUT2D eigenvalue weighted by atomic mass is 10.00. The number of hydrogen-bond acceptors (Lipinski definition) is 2. The molecule has 2 nitrogen and oxygen atoms in total. The number of nitrogens with two attached hydrogens (primary N) is 1. The summed E-state index contributed by atoms with van der Waals surface area (Å²) >= 11 is 12.9. The van der Waals surface area contributed by atoms with Gasteiger partial charge in [-0.3, -0.25) is 0 Å². The number of rotatable bonds is 2. The summed E-state index contributed by atoms with van der Waals surface area (Å²) in [5, 5.41) is 9.57. The van der Waals surface area contributed by atoms with Crippen molar-refractivity contribution in [3.05, 3.63) is 49.9 Å². The molecule has 2 N–H and O–H groups in total. The number of halogens is 3. The third-order valence-corrected chi connectivity index (χ3v) is 4.57. The van der Waals surface area contributed by atoms with Crippen molar-refractivity contribution < 1.29 is 0 Å². The van der Waals surface area contributed by atoms with E-state index in [1.54, 1.807) is 0 Å². The Hall–Kier alpha value is -1.02. The first-order chi connectivity index (χ1) is 9.04. The van der Waals surface area contributed by atoms with E-state index in [2.05, 4.69) is 37.9 Å². The van der Waals surface area contributed by atoms with Gasteiger partial charge in [0.1, 0.15) is 0 Å². The Morgan fingerprint density at radius 2 is 1.84 bits per heavy atom. The average Bonchev–Trinajstić information content (AvgIpc) is 2.36. The van der Waals surface area contributed by atoms with Gasteiger partial charge in [0.05, 0.1) is 12.5 Å². The predicted octanol–water partition coefficient (Wildman–Crippen LogP) is 5.18. The lowest BCUT2D eigenvalue weighted by molar-refractivity contribution is 1.23. The average molecular weight is 401 g/mol. The second kappa shape index (κ2) is 5.96. The topological polar surface area (TPSA) is 49.8 Å². The van der Waals surface area contributed by atoms with Gasteiger partial charge in [0.25, 0.3) is 0 Å². The van der Waals surface area contributed by atoms with Crippen LogP contribution in [0.25, 0.3) is 11.1 Å². The molecule has 0 aromatic heterocycles. The van der Waals surface area contributed by atoms with Gasteiger partial charge in [0, 0.05) is 25.2 Å². The van der Waals surface area contributed by atoms with Crippen molar-refractivity contribution in [1.29, 1.82) is 5.26 Å². The first kappa shape index (κ1) is 14.4. The minimum Gasteiger partial charge on any atom is -0.398 e. The van der Waals surface area contributed by atoms with Gasteiger partial charge >= 0.3 is 0 Å². The smallest absolute Gasteiger partial charge is 0.0670 e. The number of hydrogen-bond donors (Lipinski definition) is 1. The van der Waals surface area contributed by atoms with Crippen LogP contribution in [0.2, 0.25) is 5.02 Å². The van der Waals surface area contributed by atoms with Crippen LogP contribution in [-0.4, -0.2) is 0 Å². The first-order valence-electron chi connectivity index (χ1n) is 5.44. The summed E-state index contributed by atoms with van der Waals surface area (Å²) < 4.78 is 1.67. The summed E-state index contributed by atoms with van der Waals surface area (Å²) in [6.07, 6.45) is 0.308. The van der Waals surface area contributed by atoms with E-state index in [1.807, 2.05) is 30.3 Å². The van der Waals surface area contributed by atoms with E-state index >= 15 is 0 Å². The summed E-state index contributed by atoms with van der Waals surface area (Å²) in [5.41, 5.74) is 9.45. The summed E-state index contributed by atoms with van der Waals surface area (Å²) in [7, 11) is 0. The molecule has 0 heterocycles. The molecule has 2 aromatic rings. The maximum Gasteiger partial charge on any atom is 0.0670 e. The second-order valence-corrected chi connectivity index (χ2v) is 6.04. The van der Waals surface area contributed by atoms with Crippen LogP contribution in [0.1, 0.15) is 5.56 Å². The van der Waals surface area contributed by atoms with Gasteiger partial charge in [0.2, 0.25) is 0 Å². The monoisotopic (exact) mass is 398 g/mol. The zero-order valence-corrected chi connectivity index (χ0v) is 13.7. The standard InChI is InChI=1S/C14H9Br2ClN2/c15-11-7-12(19)13(14(16)10(11)5-6-18)8-1-3-9(17)4-2-8/h1-4,7H,5,19H2. The van der Waals surface area contributed by atoms with Gasteiger partial charge in [-0.1, -0.05) is 39.7 Å². The van der Waals surface area contributed by atoms with Crippen LogP contribution in [0.5, 0.6) is 0 Å². The van der Waals surface area contributed by atoms with Gasteiger partial charge in [-0.05, 0) is 45.3 Å². The van der Waals surface area contributed by atoms with Crippen molar-refractivity contribution in [1.82, 2.24) is 0 Å². The Balaban J connectivity index is 2.66. The van der Waals surface area contributed by atoms with Crippen molar-refractivity contribution >= 4 is 49.1 Å². The normalized spacial score (nSPS) is 10.2. The fourth-order valence-electron chi connectivity index (χ4n) is 1.83. The Kier molecular flexibility index (Phi) is 4.51. The highest BCUT2D eigenvalue weighted by Crippen LogP contribution is 2.40. The van der Waals surface area contributed by atoms with E-state index in [9.17, 15) is 0 Å². The molecule has 0 amide bonds. The van der Waals surface area contributed by atoms with Crippen LogP contribution in [0.4, 0.5) is 5.69 Å². The molecule has 0 bridgehead atoms. The van der Waals surface area contributed by atoms with Crippen molar-refractivity contribution in [3.8, 4) is 17.2 Å². The molecule has 0 aliphatic rings. The molecule has 96 valence electrons. The SMILES string of the molecule is N#CCc1c(Br)cc(N)c(-c2ccc(Cl)cc2)c1Br. The predicted molar refractivity (Wildman–Crippen MR) is 86.0 cm³/mol. The van der Waals surface area contributed by atoms with Crippen LogP contribution in [0, 0.1) is 11.3 Å². The number of nitrogens with zero attached hydrogens (tertiary/aromatic N) is 1. The molecule has 0 saturated heterocycles. The minimum absolute atomic E-state index is 0.308. The molecule has 0 aliphatic heterocycles. The third kappa shape index (κ3) is 2.94. The van der Waals surface area contributed by atoms with Crippen LogP contribution >= 0.6 is 43.5 Å². The number of anilines is 1. The third-order valence-electron chi connectivity index (χ3n) is 2.73. The molecule has 19 heavy (non-hydrogen) atoms. The zero-order chi connectivity index (χ0) is 14.0. The Labute approximate surface area is 133 Å². The van der Waals surface area contributed by atoms with Crippen molar-refractivity contribution in [2.75, 3.05) is 5.73 Å². The van der Waals surface area contributed by atoms with Crippen LogP contribution in [-0.2, 0) is 6.42 Å². The van der Waals surface area contributed by atoms with Gasteiger partial charge in [-0.25, -0.2) is 0 Å². The van der Waals surface area contributed by atoms with Crippen LogP contribution in [0.3, 0.4) is 0 Å². The molecule has 0 radical (unpaired) electrons. The minimum atomic E-state index is 0.308. The summed E-state index contributed by atoms with van der Waals surface area (Å²) in [4.78, 5) is 0. The second-order valence-electron chi connectivity index (χ2n) is 3.96. The molecule has 0 saturated carbocycles. The molecule has 5 heteroatoms. The highest BCUT2D eigenvalue weighted by molar-refractivity contribution is 9.11. The van der Waals surface area contributed by atoms with Crippen LogP contribution < -0.4 is 5.73 Å². The molecule has 0 aliphatic carbocycles. The molecule has 0 fully saturated rings. The summed E-state index contributed by atoms with van der Waals surface area (Å²) in [6, 6.07) is 11.4. The highest BCUT2D eigenvalue weighted by Gasteiger charge is 2.15. The molecule has 0 atom stereocenters. The van der Waals surface area contributed by atoms with Crippen molar-refractivity contribution in [2.24, 2.45) is 0 Å². The number of nitrogen functional groups attached to an aromatic ring is 1. The van der Waals surface area contributed by atoms with Gasteiger partial charge in [0.15, 0.2) is 0 Å². The van der Waals surface area contributed by atoms with Gasteiger partial charge < -0.3 is 5.73 Å². The highest BCUT2D eigenvalue weighted by atomic mass is 79.9. The Morgan fingerprint density at radius 1 is 1.21 bits per heavy atom. The zero-order valence-electron chi connectivity index (χ0n) is 9.75. The first-order valence-corrected chi connectivity index (χ1v) is 7.40. The number of benzene rings is 2. The van der Waals surface area contributed by atoms with E-state index in [0.717, 1.165) is 25.6 Å². The van der Waals surface area contributed by atoms with Gasteiger partial charge in [-0.15, -0.1) is 0 Å². The summed E-state index contributed by atoms with van der Waals surface area (Å²) in [6.45, 7) is 0. The molecular weight excluding hydrogens is 391 g/mol. The molecular formula is C14H9Br2ClN2.